The SMILES string of the molecule is Brc1ccc2nnc(NCc3ccccc3)n2c1. The molecule has 18 heavy (non-hydrogen) atoms. The van der Waals surface area contributed by atoms with Gasteiger partial charge in [-0.25, -0.2) is 0 Å². The number of hydrogen-bond acceptors (Lipinski definition) is 3. The Balaban J connectivity index is 1.85. The summed E-state index contributed by atoms with van der Waals surface area (Å²) in [7, 11) is 0. The molecule has 0 fully saturated rings. The molecule has 0 saturated carbocycles. The lowest BCUT2D eigenvalue weighted by Gasteiger charge is -2.04. The number of halogens is 1. The Morgan fingerprint density at radius 2 is 1.89 bits per heavy atom. The number of benzene rings is 1. The fourth-order valence-corrected chi connectivity index (χ4v) is 2.10. The van der Waals surface area contributed by atoms with Gasteiger partial charge in [0.05, 0.1) is 0 Å². The number of hydrogen-bond donors (Lipinski definition) is 1. The third-order valence-electron chi connectivity index (χ3n) is 2.66. The molecule has 0 bridgehead atoms. The maximum Gasteiger partial charge on any atom is 0.229 e. The maximum absolute atomic E-state index is 4.13. The second-order valence-electron chi connectivity index (χ2n) is 3.94. The van der Waals surface area contributed by atoms with E-state index in [-0.39, 0.29) is 0 Å². The number of fused-ring (bicyclic) bond motifs is 1. The first-order valence-corrected chi connectivity index (χ1v) is 6.40. The molecule has 1 aromatic carbocycles. The van der Waals surface area contributed by atoms with Crippen LogP contribution in [0.2, 0.25) is 0 Å². The normalized spacial score (nSPS) is 10.7. The highest BCUT2D eigenvalue weighted by Gasteiger charge is 2.04. The molecule has 3 rings (SSSR count). The highest BCUT2D eigenvalue weighted by molar-refractivity contribution is 9.10. The van der Waals surface area contributed by atoms with Crippen molar-refractivity contribution in [2.45, 2.75) is 6.54 Å². The Morgan fingerprint density at radius 1 is 1.06 bits per heavy atom. The molecular formula is C13H11BrN4. The van der Waals surface area contributed by atoms with Crippen molar-refractivity contribution in [3.05, 3.63) is 58.7 Å². The number of rotatable bonds is 3. The molecule has 0 aliphatic rings. The minimum atomic E-state index is 0.730. The van der Waals surface area contributed by atoms with Gasteiger partial charge in [-0.05, 0) is 33.6 Å². The predicted octanol–water partition coefficient (Wildman–Crippen LogP) is 3.10. The van der Waals surface area contributed by atoms with Gasteiger partial charge < -0.3 is 5.32 Å². The molecule has 0 radical (unpaired) electrons. The van der Waals surface area contributed by atoms with E-state index in [0.717, 1.165) is 22.6 Å². The molecule has 0 saturated heterocycles. The third kappa shape index (κ3) is 2.22. The van der Waals surface area contributed by atoms with Crippen molar-refractivity contribution in [2.75, 3.05) is 5.32 Å². The molecule has 0 atom stereocenters. The quantitative estimate of drug-likeness (QED) is 0.808. The van der Waals surface area contributed by atoms with E-state index in [2.05, 4.69) is 43.6 Å². The highest BCUT2D eigenvalue weighted by atomic mass is 79.9. The van der Waals surface area contributed by atoms with E-state index in [4.69, 9.17) is 0 Å². The van der Waals surface area contributed by atoms with Gasteiger partial charge in [-0.3, -0.25) is 4.40 Å². The lowest BCUT2D eigenvalue weighted by molar-refractivity contribution is 1.03. The van der Waals surface area contributed by atoms with Gasteiger partial charge in [-0.2, -0.15) is 0 Å². The highest BCUT2D eigenvalue weighted by Crippen LogP contribution is 2.15. The van der Waals surface area contributed by atoms with Gasteiger partial charge in [-0.1, -0.05) is 30.3 Å². The molecule has 2 heterocycles. The summed E-state index contributed by atoms with van der Waals surface area (Å²) in [6.45, 7) is 0.730. The summed E-state index contributed by atoms with van der Waals surface area (Å²) in [5.41, 5.74) is 2.04. The largest absolute Gasteiger partial charge is 0.350 e. The first-order valence-electron chi connectivity index (χ1n) is 5.61. The van der Waals surface area contributed by atoms with Crippen LogP contribution in [0.1, 0.15) is 5.56 Å². The van der Waals surface area contributed by atoms with Crippen molar-refractivity contribution in [3.8, 4) is 0 Å². The molecule has 2 aromatic heterocycles. The van der Waals surface area contributed by atoms with Crippen LogP contribution in [0.25, 0.3) is 5.65 Å². The molecule has 0 amide bonds. The Hall–Kier alpha value is -1.88. The lowest BCUT2D eigenvalue weighted by atomic mass is 10.2. The summed E-state index contributed by atoms with van der Waals surface area (Å²) in [5.74, 6) is 0.746. The van der Waals surface area contributed by atoms with Crippen LogP contribution < -0.4 is 5.32 Å². The second-order valence-corrected chi connectivity index (χ2v) is 4.85. The molecule has 1 N–H and O–H groups in total. The summed E-state index contributed by atoms with van der Waals surface area (Å²) in [6.07, 6.45) is 1.95. The fraction of sp³-hybridized carbons (Fsp3) is 0.0769. The van der Waals surface area contributed by atoms with E-state index in [9.17, 15) is 0 Å². The van der Waals surface area contributed by atoms with E-state index < -0.39 is 0 Å². The van der Waals surface area contributed by atoms with Gasteiger partial charge in [0, 0.05) is 17.2 Å². The monoisotopic (exact) mass is 302 g/mol. The van der Waals surface area contributed by atoms with E-state index in [1.165, 1.54) is 5.56 Å². The molecule has 0 aliphatic heterocycles. The van der Waals surface area contributed by atoms with Crippen molar-refractivity contribution in [1.29, 1.82) is 0 Å². The number of aromatic nitrogens is 3. The van der Waals surface area contributed by atoms with Gasteiger partial charge in [0.1, 0.15) is 0 Å². The van der Waals surface area contributed by atoms with Gasteiger partial charge >= 0.3 is 0 Å². The fourth-order valence-electron chi connectivity index (χ4n) is 1.76. The molecular weight excluding hydrogens is 292 g/mol. The zero-order chi connectivity index (χ0) is 12.4. The first kappa shape index (κ1) is 11.2. The van der Waals surface area contributed by atoms with Gasteiger partial charge in [0.2, 0.25) is 5.95 Å². The van der Waals surface area contributed by atoms with Crippen LogP contribution in [-0.2, 0) is 6.54 Å². The molecule has 5 heteroatoms. The molecule has 4 nitrogen and oxygen atoms in total. The average Bonchev–Trinajstić information content (AvgIpc) is 2.80. The van der Waals surface area contributed by atoms with Crippen molar-refractivity contribution < 1.29 is 0 Å². The third-order valence-corrected chi connectivity index (χ3v) is 3.13. The van der Waals surface area contributed by atoms with Crippen LogP contribution in [0.4, 0.5) is 5.95 Å². The van der Waals surface area contributed by atoms with E-state index in [0.29, 0.717) is 0 Å². The van der Waals surface area contributed by atoms with Crippen molar-refractivity contribution in [1.82, 2.24) is 14.6 Å². The molecule has 90 valence electrons. The lowest BCUT2D eigenvalue weighted by Crippen LogP contribution is -2.03. The summed E-state index contributed by atoms with van der Waals surface area (Å²) in [6, 6.07) is 14.1. The average molecular weight is 303 g/mol. The molecule has 0 spiro atoms. The van der Waals surface area contributed by atoms with Crippen LogP contribution in [0, 0.1) is 0 Å². The van der Waals surface area contributed by atoms with Crippen LogP contribution in [0.15, 0.2) is 53.1 Å². The van der Waals surface area contributed by atoms with Crippen LogP contribution in [0.5, 0.6) is 0 Å². The van der Waals surface area contributed by atoms with Gasteiger partial charge in [-0.15, -0.1) is 10.2 Å². The summed E-state index contributed by atoms with van der Waals surface area (Å²) in [4.78, 5) is 0. The predicted molar refractivity (Wildman–Crippen MR) is 74.5 cm³/mol. The minimum Gasteiger partial charge on any atom is -0.350 e. The summed E-state index contributed by atoms with van der Waals surface area (Å²) >= 11 is 3.44. The topological polar surface area (TPSA) is 42.2 Å². The number of anilines is 1. The van der Waals surface area contributed by atoms with Crippen molar-refractivity contribution in [2.24, 2.45) is 0 Å². The van der Waals surface area contributed by atoms with E-state index >= 15 is 0 Å². The molecule has 3 aromatic rings. The second kappa shape index (κ2) is 4.78. The van der Waals surface area contributed by atoms with Crippen LogP contribution in [-0.4, -0.2) is 14.6 Å². The molecule has 0 aliphatic carbocycles. The number of nitrogens with one attached hydrogen (secondary N) is 1. The maximum atomic E-state index is 4.13. The standard InChI is InChI=1S/C13H11BrN4/c14-11-6-7-12-16-17-13(18(12)9-11)15-8-10-4-2-1-3-5-10/h1-7,9H,8H2,(H,15,17). The molecule has 0 unspecified atom stereocenters. The van der Waals surface area contributed by atoms with E-state index in [1.54, 1.807) is 0 Å². The Morgan fingerprint density at radius 3 is 2.72 bits per heavy atom. The Labute approximate surface area is 113 Å². The minimum absolute atomic E-state index is 0.730. The summed E-state index contributed by atoms with van der Waals surface area (Å²) < 4.78 is 2.92. The summed E-state index contributed by atoms with van der Waals surface area (Å²) in [5, 5.41) is 11.5. The zero-order valence-corrected chi connectivity index (χ0v) is 11.1. The zero-order valence-electron chi connectivity index (χ0n) is 9.55. The van der Waals surface area contributed by atoms with Crippen molar-refractivity contribution in [3.63, 3.8) is 0 Å². The number of pyridine rings is 1. The van der Waals surface area contributed by atoms with Crippen LogP contribution in [0.3, 0.4) is 0 Å². The van der Waals surface area contributed by atoms with E-state index in [1.807, 2.05) is 40.9 Å². The smallest absolute Gasteiger partial charge is 0.229 e. The van der Waals surface area contributed by atoms with Gasteiger partial charge in [0.15, 0.2) is 5.65 Å². The van der Waals surface area contributed by atoms with Gasteiger partial charge in [0.25, 0.3) is 0 Å². The number of nitrogens with zero attached hydrogens (tertiary/aromatic N) is 3. The van der Waals surface area contributed by atoms with Crippen LogP contribution >= 0.6 is 15.9 Å². The first-order chi connectivity index (χ1) is 8.83. The Bertz CT molecular complexity index is 663. The Kier molecular flexibility index (Phi) is 2.98. The van der Waals surface area contributed by atoms with Crippen molar-refractivity contribution >= 4 is 27.5 Å².